The number of halogens is 1. The highest BCUT2D eigenvalue weighted by atomic mass is 19.1. The van der Waals surface area contributed by atoms with Gasteiger partial charge in [-0.1, -0.05) is 12.1 Å². The van der Waals surface area contributed by atoms with Crippen LogP contribution >= 0.6 is 0 Å². The number of benzene rings is 1. The molecule has 0 aliphatic carbocycles. The van der Waals surface area contributed by atoms with Crippen molar-refractivity contribution in [1.29, 1.82) is 5.26 Å². The van der Waals surface area contributed by atoms with E-state index in [1.165, 1.54) is 0 Å². The topological polar surface area (TPSA) is 42.2 Å². The molecular formula is C13H12FNO2. The smallest absolute Gasteiger partial charge is 0.163 e. The first-order valence-corrected chi connectivity index (χ1v) is 5.68. The molecule has 88 valence electrons. The van der Waals surface area contributed by atoms with Crippen LogP contribution in [0.5, 0.6) is 5.75 Å². The average Bonchev–Trinajstić information content (AvgIpc) is 2.72. The lowest BCUT2D eigenvalue weighted by atomic mass is 9.88. The highest BCUT2D eigenvalue weighted by Gasteiger charge is 2.49. The predicted octanol–water partition coefficient (Wildman–Crippen LogP) is 1.99. The lowest BCUT2D eigenvalue weighted by molar-refractivity contribution is -0.0954. The summed E-state index contributed by atoms with van der Waals surface area (Å²) in [5, 5.41) is 9.01. The molecule has 0 saturated carbocycles. The fraction of sp³-hybridized carbons (Fsp3) is 0.462. The van der Waals surface area contributed by atoms with Crippen molar-refractivity contribution in [3.05, 3.63) is 29.3 Å². The zero-order chi connectivity index (χ0) is 11.9. The van der Waals surface area contributed by atoms with Crippen molar-refractivity contribution in [2.24, 2.45) is 0 Å². The van der Waals surface area contributed by atoms with Gasteiger partial charge >= 0.3 is 0 Å². The molecule has 3 rings (SSSR count). The molecule has 2 heterocycles. The molecule has 1 fully saturated rings. The normalized spacial score (nSPS) is 30.7. The van der Waals surface area contributed by atoms with Crippen molar-refractivity contribution in [1.82, 2.24) is 0 Å². The minimum Gasteiger partial charge on any atom is -0.482 e. The molecular weight excluding hydrogens is 221 g/mol. The quantitative estimate of drug-likeness (QED) is 0.688. The number of fused-ring (bicyclic) bond motifs is 1. The number of nitriles is 1. The first kappa shape index (κ1) is 10.5. The molecule has 2 aliphatic heterocycles. The third-order valence-electron chi connectivity index (χ3n) is 3.52. The Labute approximate surface area is 98.8 Å². The molecule has 0 aromatic heterocycles. The predicted molar refractivity (Wildman–Crippen MR) is 58.6 cm³/mol. The summed E-state index contributed by atoms with van der Waals surface area (Å²) in [5.41, 5.74) is 0.597. The van der Waals surface area contributed by atoms with Gasteiger partial charge in [0.25, 0.3) is 0 Å². The molecule has 1 spiro atoms. The Morgan fingerprint density at radius 3 is 3.12 bits per heavy atom. The largest absolute Gasteiger partial charge is 0.482 e. The number of hydrogen-bond acceptors (Lipinski definition) is 3. The van der Waals surface area contributed by atoms with Crippen LogP contribution in [-0.4, -0.2) is 25.0 Å². The van der Waals surface area contributed by atoms with Crippen LogP contribution in [0, 0.1) is 11.3 Å². The fourth-order valence-electron chi connectivity index (χ4n) is 2.55. The number of rotatable bonds is 0. The Bertz CT molecular complexity index is 497. The van der Waals surface area contributed by atoms with Gasteiger partial charge in [-0.25, -0.2) is 4.39 Å². The van der Waals surface area contributed by atoms with Crippen LogP contribution in [0.1, 0.15) is 17.5 Å². The molecule has 1 saturated heterocycles. The molecule has 1 aromatic carbocycles. The summed E-state index contributed by atoms with van der Waals surface area (Å²) >= 11 is 0. The van der Waals surface area contributed by atoms with Gasteiger partial charge in [-0.2, -0.15) is 5.26 Å². The van der Waals surface area contributed by atoms with Gasteiger partial charge in [-0.3, -0.25) is 0 Å². The molecule has 0 amide bonds. The Morgan fingerprint density at radius 2 is 2.35 bits per heavy atom. The first-order chi connectivity index (χ1) is 8.25. The molecule has 0 N–H and O–H groups in total. The average molecular weight is 233 g/mol. The van der Waals surface area contributed by atoms with E-state index in [1.807, 2.05) is 12.1 Å². The van der Waals surface area contributed by atoms with Gasteiger partial charge in [0.1, 0.15) is 17.4 Å². The van der Waals surface area contributed by atoms with Crippen molar-refractivity contribution in [2.75, 3.05) is 13.2 Å². The number of alkyl halides is 1. The molecule has 4 heteroatoms. The maximum Gasteiger partial charge on any atom is 0.163 e. The van der Waals surface area contributed by atoms with Crippen LogP contribution < -0.4 is 4.74 Å². The molecule has 2 aliphatic rings. The number of nitrogens with zero attached hydrogens (tertiary/aromatic N) is 1. The van der Waals surface area contributed by atoms with Crippen LogP contribution in [0.2, 0.25) is 0 Å². The summed E-state index contributed by atoms with van der Waals surface area (Å²) in [7, 11) is 0. The van der Waals surface area contributed by atoms with Crippen LogP contribution in [-0.2, 0) is 11.2 Å². The van der Waals surface area contributed by atoms with E-state index in [-0.39, 0.29) is 6.61 Å². The zero-order valence-electron chi connectivity index (χ0n) is 9.28. The fourth-order valence-corrected chi connectivity index (χ4v) is 2.55. The molecule has 2 atom stereocenters. The van der Waals surface area contributed by atoms with Gasteiger partial charge in [0.2, 0.25) is 0 Å². The van der Waals surface area contributed by atoms with Crippen molar-refractivity contribution in [3.8, 4) is 11.8 Å². The van der Waals surface area contributed by atoms with E-state index >= 15 is 0 Å². The number of ether oxygens (including phenoxy) is 2. The van der Waals surface area contributed by atoms with Gasteiger partial charge in [0.05, 0.1) is 18.8 Å². The third-order valence-corrected chi connectivity index (χ3v) is 3.52. The molecule has 2 unspecified atom stereocenters. The van der Waals surface area contributed by atoms with Gasteiger partial charge in [-0.15, -0.1) is 0 Å². The molecule has 0 radical (unpaired) electrons. The summed E-state index contributed by atoms with van der Waals surface area (Å²) in [6, 6.07) is 7.49. The zero-order valence-corrected chi connectivity index (χ0v) is 9.28. The van der Waals surface area contributed by atoms with Gasteiger partial charge in [0.15, 0.2) is 6.17 Å². The highest BCUT2D eigenvalue weighted by Crippen LogP contribution is 2.43. The van der Waals surface area contributed by atoms with Crippen molar-refractivity contribution < 1.29 is 13.9 Å². The summed E-state index contributed by atoms with van der Waals surface area (Å²) < 4.78 is 24.9. The van der Waals surface area contributed by atoms with Gasteiger partial charge < -0.3 is 9.47 Å². The Kier molecular flexibility index (Phi) is 2.30. The van der Waals surface area contributed by atoms with E-state index in [9.17, 15) is 4.39 Å². The van der Waals surface area contributed by atoms with E-state index in [1.54, 1.807) is 6.07 Å². The third kappa shape index (κ3) is 1.50. The van der Waals surface area contributed by atoms with E-state index in [4.69, 9.17) is 14.7 Å². The molecule has 3 nitrogen and oxygen atoms in total. The summed E-state index contributed by atoms with van der Waals surface area (Å²) in [6.07, 6.45) is -0.0639. The van der Waals surface area contributed by atoms with Gasteiger partial charge in [0, 0.05) is 12.8 Å². The molecule has 0 bridgehead atoms. The number of hydrogen-bond donors (Lipinski definition) is 0. The summed E-state index contributed by atoms with van der Waals surface area (Å²) in [4.78, 5) is 0. The van der Waals surface area contributed by atoms with E-state index < -0.39 is 11.8 Å². The standard InChI is InChI=1S/C13H12FNO2/c14-11-8-16-5-4-13(11)6-9-2-1-3-10(7-15)12(9)17-13/h1-3,11H,4-6,8H2. The van der Waals surface area contributed by atoms with Gasteiger partial charge in [-0.05, 0) is 11.6 Å². The van der Waals surface area contributed by atoms with E-state index in [2.05, 4.69) is 6.07 Å². The Hall–Kier alpha value is -1.60. The second kappa shape index (κ2) is 3.71. The highest BCUT2D eigenvalue weighted by molar-refractivity contribution is 5.52. The Morgan fingerprint density at radius 1 is 1.47 bits per heavy atom. The number of para-hydroxylation sites is 1. The van der Waals surface area contributed by atoms with Crippen LogP contribution in [0.3, 0.4) is 0 Å². The lowest BCUT2D eigenvalue weighted by Gasteiger charge is -2.35. The maximum absolute atomic E-state index is 14.0. The van der Waals surface area contributed by atoms with Crippen LogP contribution in [0.25, 0.3) is 0 Å². The summed E-state index contributed by atoms with van der Waals surface area (Å²) in [5.74, 6) is 0.555. The van der Waals surface area contributed by atoms with Crippen molar-refractivity contribution in [2.45, 2.75) is 24.6 Å². The summed E-state index contributed by atoms with van der Waals surface area (Å²) in [6.45, 7) is 0.589. The first-order valence-electron chi connectivity index (χ1n) is 5.68. The van der Waals surface area contributed by atoms with E-state index in [0.717, 1.165) is 5.56 Å². The second-order valence-corrected chi connectivity index (χ2v) is 4.54. The SMILES string of the molecule is N#Cc1cccc2c1OC1(CCOCC1F)C2. The Balaban J connectivity index is 1.99. The van der Waals surface area contributed by atoms with Crippen LogP contribution in [0.4, 0.5) is 4.39 Å². The lowest BCUT2D eigenvalue weighted by Crippen LogP contribution is -2.50. The molecule has 1 aromatic rings. The monoisotopic (exact) mass is 233 g/mol. The van der Waals surface area contributed by atoms with E-state index in [0.29, 0.717) is 30.8 Å². The van der Waals surface area contributed by atoms with Crippen LogP contribution in [0.15, 0.2) is 18.2 Å². The maximum atomic E-state index is 14.0. The second-order valence-electron chi connectivity index (χ2n) is 4.54. The minimum absolute atomic E-state index is 0.0792. The molecule has 17 heavy (non-hydrogen) atoms. The van der Waals surface area contributed by atoms with Crippen molar-refractivity contribution >= 4 is 0 Å². The van der Waals surface area contributed by atoms with Crippen molar-refractivity contribution in [3.63, 3.8) is 0 Å². The minimum atomic E-state index is -1.13.